The third-order valence-electron chi connectivity index (χ3n) is 5.09. The van der Waals surface area contributed by atoms with Gasteiger partial charge in [-0.05, 0) is 51.0 Å². The highest BCUT2D eigenvalue weighted by atomic mass is 19.4. The number of alkyl halides is 3. The number of nitrogens with zero attached hydrogens (tertiary/aromatic N) is 3. The first-order valence-corrected chi connectivity index (χ1v) is 9.52. The molecule has 3 rings (SSSR count). The Morgan fingerprint density at radius 2 is 1.78 bits per heavy atom. The van der Waals surface area contributed by atoms with E-state index in [0.29, 0.717) is 18.8 Å². The number of ether oxygens (including phenoxy) is 1. The van der Waals surface area contributed by atoms with Crippen molar-refractivity contribution in [3.8, 4) is 5.75 Å². The molecule has 1 aromatic rings. The van der Waals surface area contributed by atoms with Gasteiger partial charge in [-0.1, -0.05) is 12.5 Å². The Hall–Kier alpha value is -1.96. The highest BCUT2D eigenvalue weighted by Gasteiger charge is 2.31. The largest absolute Gasteiger partial charge is 0.573 e. The molecule has 27 heavy (non-hydrogen) atoms. The molecule has 0 N–H and O–H groups in total. The van der Waals surface area contributed by atoms with Crippen molar-refractivity contribution < 1.29 is 22.7 Å². The zero-order valence-corrected chi connectivity index (χ0v) is 15.4. The number of piperazine rings is 1. The van der Waals surface area contributed by atoms with Crippen molar-refractivity contribution in [1.29, 1.82) is 0 Å². The fourth-order valence-electron chi connectivity index (χ4n) is 3.71. The summed E-state index contributed by atoms with van der Waals surface area (Å²) < 4.78 is 41.1. The minimum absolute atomic E-state index is 0.0158. The number of carbonyl (C=O) groups is 1. The Bertz CT molecular complexity index is 633. The van der Waals surface area contributed by atoms with Crippen LogP contribution in [0, 0.1) is 0 Å². The maximum Gasteiger partial charge on any atom is 0.573 e. The van der Waals surface area contributed by atoms with E-state index in [0.717, 1.165) is 32.6 Å². The Kier molecular flexibility index (Phi) is 6.46. The van der Waals surface area contributed by atoms with Crippen molar-refractivity contribution in [2.24, 2.45) is 0 Å². The van der Waals surface area contributed by atoms with Gasteiger partial charge in [0.25, 0.3) is 0 Å². The van der Waals surface area contributed by atoms with Gasteiger partial charge in [0.15, 0.2) is 0 Å². The number of anilines is 1. The van der Waals surface area contributed by atoms with E-state index in [1.165, 1.54) is 37.5 Å². The zero-order valence-electron chi connectivity index (χ0n) is 15.4. The van der Waals surface area contributed by atoms with Crippen LogP contribution < -0.4 is 9.64 Å². The number of benzene rings is 1. The average molecular weight is 385 g/mol. The van der Waals surface area contributed by atoms with E-state index in [4.69, 9.17) is 0 Å². The normalized spacial score (nSPS) is 19.4. The molecule has 5 nitrogen and oxygen atoms in total. The van der Waals surface area contributed by atoms with Crippen molar-refractivity contribution in [2.75, 3.05) is 50.7 Å². The number of likely N-dealkylation sites (tertiary alicyclic amines) is 1. The van der Waals surface area contributed by atoms with Crippen molar-refractivity contribution in [1.82, 2.24) is 9.80 Å². The van der Waals surface area contributed by atoms with Crippen molar-refractivity contribution in [3.05, 3.63) is 24.3 Å². The standard InChI is InChI=1S/C19H26F3N3O2/c20-19(21,22)27-17-7-4-6-16(14-17)25-13-12-24(18(26)15-25)11-5-10-23-8-2-1-3-9-23/h4,6-7,14H,1-3,5,8-13,15H2. The minimum Gasteiger partial charge on any atom is -0.406 e. The molecule has 0 aromatic heterocycles. The molecule has 0 saturated carbocycles. The second-order valence-electron chi connectivity index (χ2n) is 7.10. The van der Waals surface area contributed by atoms with E-state index in [9.17, 15) is 18.0 Å². The van der Waals surface area contributed by atoms with Crippen molar-refractivity contribution in [3.63, 3.8) is 0 Å². The molecule has 8 heteroatoms. The van der Waals surface area contributed by atoms with Gasteiger partial charge < -0.3 is 19.4 Å². The fraction of sp³-hybridized carbons (Fsp3) is 0.632. The summed E-state index contributed by atoms with van der Waals surface area (Å²) in [5.74, 6) is -0.251. The molecule has 2 saturated heterocycles. The van der Waals surface area contributed by atoms with E-state index in [1.54, 1.807) is 11.0 Å². The monoisotopic (exact) mass is 385 g/mol. The van der Waals surface area contributed by atoms with Crippen molar-refractivity contribution >= 4 is 11.6 Å². The first-order valence-electron chi connectivity index (χ1n) is 9.52. The highest BCUT2D eigenvalue weighted by molar-refractivity contribution is 5.83. The SMILES string of the molecule is O=C1CN(c2cccc(OC(F)(F)F)c2)CCN1CCCN1CCCCC1. The number of halogens is 3. The van der Waals surface area contributed by atoms with Crippen LogP contribution in [0.5, 0.6) is 5.75 Å². The van der Waals surface area contributed by atoms with Gasteiger partial charge in [-0.25, -0.2) is 0 Å². The summed E-state index contributed by atoms with van der Waals surface area (Å²) in [6, 6.07) is 5.79. The van der Waals surface area contributed by atoms with Crippen LogP contribution in [0.1, 0.15) is 25.7 Å². The van der Waals surface area contributed by atoms with Crippen LogP contribution in [-0.4, -0.2) is 67.9 Å². The fourth-order valence-corrected chi connectivity index (χ4v) is 3.71. The van der Waals surface area contributed by atoms with Crippen LogP contribution in [0.4, 0.5) is 18.9 Å². The lowest BCUT2D eigenvalue weighted by molar-refractivity contribution is -0.274. The van der Waals surface area contributed by atoms with Gasteiger partial charge in [-0.2, -0.15) is 0 Å². The molecule has 0 atom stereocenters. The molecule has 1 aromatic carbocycles. The van der Waals surface area contributed by atoms with Gasteiger partial charge >= 0.3 is 6.36 Å². The maximum absolute atomic E-state index is 12.4. The summed E-state index contributed by atoms with van der Waals surface area (Å²) in [4.78, 5) is 18.5. The number of rotatable bonds is 6. The molecule has 1 amide bonds. The predicted molar refractivity (Wildman–Crippen MR) is 96.8 cm³/mol. The van der Waals surface area contributed by atoms with E-state index in [2.05, 4.69) is 9.64 Å². The number of amides is 1. The van der Waals surface area contributed by atoms with Gasteiger partial charge in [-0.15, -0.1) is 13.2 Å². The summed E-state index contributed by atoms with van der Waals surface area (Å²) in [5.41, 5.74) is 0.568. The van der Waals surface area contributed by atoms with Crippen LogP contribution in [0.2, 0.25) is 0 Å². The molecule has 150 valence electrons. The third-order valence-corrected chi connectivity index (χ3v) is 5.09. The summed E-state index contributed by atoms with van der Waals surface area (Å²) in [5, 5.41) is 0. The highest BCUT2D eigenvalue weighted by Crippen LogP contribution is 2.27. The number of carbonyl (C=O) groups excluding carboxylic acids is 1. The van der Waals surface area contributed by atoms with Crippen molar-refractivity contribution in [2.45, 2.75) is 32.0 Å². The van der Waals surface area contributed by atoms with Crippen LogP contribution in [0.15, 0.2) is 24.3 Å². The smallest absolute Gasteiger partial charge is 0.406 e. The first kappa shape index (κ1) is 19.8. The molecule has 2 fully saturated rings. The lowest BCUT2D eigenvalue weighted by Crippen LogP contribution is -2.51. The first-order chi connectivity index (χ1) is 12.9. The Morgan fingerprint density at radius 3 is 2.48 bits per heavy atom. The second-order valence-corrected chi connectivity index (χ2v) is 7.10. The van der Waals surface area contributed by atoms with Gasteiger partial charge in [0, 0.05) is 31.4 Å². The van der Waals surface area contributed by atoms with Crippen LogP contribution >= 0.6 is 0 Å². The Morgan fingerprint density at radius 1 is 1.00 bits per heavy atom. The van der Waals surface area contributed by atoms with Crippen LogP contribution in [-0.2, 0) is 4.79 Å². The summed E-state index contributed by atoms with van der Waals surface area (Å²) in [6.45, 7) is 5.42. The molecular weight excluding hydrogens is 359 g/mol. The minimum atomic E-state index is -4.72. The lowest BCUT2D eigenvalue weighted by atomic mass is 10.1. The molecule has 0 spiro atoms. The van der Waals surface area contributed by atoms with Crippen LogP contribution in [0.25, 0.3) is 0 Å². The van der Waals surface area contributed by atoms with Gasteiger partial charge in [0.05, 0.1) is 6.54 Å². The molecule has 2 aliphatic heterocycles. The molecule has 2 heterocycles. The summed E-state index contributed by atoms with van der Waals surface area (Å²) in [7, 11) is 0. The molecule has 0 bridgehead atoms. The van der Waals surface area contributed by atoms with E-state index in [-0.39, 0.29) is 18.2 Å². The van der Waals surface area contributed by atoms with E-state index < -0.39 is 6.36 Å². The summed E-state index contributed by atoms with van der Waals surface area (Å²) in [6.07, 6.45) is 0.0672. The molecule has 0 radical (unpaired) electrons. The predicted octanol–water partition coefficient (Wildman–Crippen LogP) is 3.11. The van der Waals surface area contributed by atoms with Gasteiger partial charge in [-0.3, -0.25) is 4.79 Å². The topological polar surface area (TPSA) is 36.0 Å². The number of hydrogen-bond acceptors (Lipinski definition) is 4. The average Bonchev–Trinajstić information content (AvgIpc) is 2.63. The molecular formula is C19H26F3N3O2. The number of piperidine rings is 1. The molecule has 2 aliphatic rings. The third kappa shape index (κ3) is 6.02. The quantitative estimate of drug-likeness (QED) is 0.754. The Labute approximate surface area is 157 Å². The molecule has 0 unspecified atom stereocenters. The Balaban J connectivity index is 1.48. The molecule has 0 aliphatic carbocycles. The van der Waals surface area contributed by atoms with E-state index in [1.807, 2.05) is 4.90 Å². The maximum atomic E-state index is 12.4. The lowest BCUT2D eigenvalue weighted by Gasteiger charge is -2.36. The zero-order chi connectivity index (χ0) is 19.3. The van der Waals surface area contributed by atoms with Gasteiger partial charge in [0.2, 0.25) is 5.91 Å². The number of hydrogen-bond donors (Lipinski definition) is 0. The summed E-state index contributed by atoms with van der Waals surface area (Å²) >= 11 is 0. The second kappa shape index (κ2) is 8.82. The van der Waals surface area contributed by atoms with Crippen LogP contribution in [0.3, 0.4) is 0 Å². The van der Waals surface area contributed by atoms with E-state index >= 15 is 0 Å². The van der Waals surface area contributed by atoms with Gasteiger partial charge in [0.1, 0.15) is 5.75 Å².